The Labute approximate surface area is 142 Å². The van der Waals surface area contributed by atoms with E-state index in [1.165, 1.54) is 17.5 Å². The smallest absolute Gasteiger partial charge is 0.292 e. The summed E-state index contributed by atoms with van der Waals surface area (Å²) in [5, 5.41) is 4.10. The molecule has 1 aliphatic heterocycles. The zero-order valence-corrected chi connectivity index (χ0v) is 14.4. The van der Waals surface area contributed by atoms with Crippen molar-refractivity contribution in [1.29, 1.82) is 0 Å². The molecule has 2 fully saturated rings. The Morgan fingerprint density at radius 2 is 2.08 bits per heavy atom. The highest BCUT2D eigenvalue weighted by atomic mass is 16.5. The second-order valence-electron chi connectivity index (χ2n) is 7.55. The topological polar surface area (TPSA) is 46.3 Å². The summed E-state index contributed by atoms with van der Waals surface area (Å²) in [6, 6.07) is 10.8. The van der Waals surface area contributed by atoms with Crippen molar-refractivity contribution >= 4 is 5.91 Å². The fraction of sp³-hybridized carbons (Fsp3) is 0.500. The number of likely N-dealkylation sites (tertiary alicyclic amines) is 1. The predicted octanol–water partition coefficient (Wildman–Crippen LogP) is 4.01. The van der Waals surface area contributed by atoms with Gasteiger partial charge in [0.25, 0.3) is 5.91 Å². The lowest BCUT2D eigenvalue weighted by Crippen LogP contribution is -2.37. The van der Waals surface area contributed by atoms with Crippen LogP contribution in [-0.4, -0.2) is 28.6 Å². The summed E-state index contributed by atoms with van der Waals surface area (Å²) >= 11 is 0. The summed E-state index contributed by atoms with van der Waals surface area (Å²) in [6.45, 7) is 5.27. The van der Waals surface area contributed by atoms with Gasteiger partial charge < -0.3 is 9.42 Å². The molecule has 2 atom stereocenters. The molecule has 2 unspecified atom stereocenters. The first-order valence-corrected chi connectivity index (χ1v) is 8.95. The quantitative estimate of drug-likeness (QED) is 0.853. The highest BCUT2D eigenvalue weighted by Gasteiger charge is 2.41. The standard InChI is InChI=1S/C20H24N2O2/c1-13(2)16-6-3-14(4-7-16)9-17-11-19(24-21-17)20(23)22-12-15-5-8-18(22)10-15/h3-4,6-7,11,13,15,18H,5,8-10,12H2,1-2H3. The van der Waals surface area contributed by atoms with Crippen LogP contribution in [0.25, 0.3) is 0 Å². The van der Waals surface area contributed by atoms with Crippen LogP contribution in [0.5, 0.6) is 0 Å². The number of piperidine rings is 1. The largest absolute Gasteiger partial charge is 0.351 e. The molecule has 0 radical (unpaired) electrons. The number of nitrogens with zero attached hydrogens (tertiary/aromatic N) is 2. The third-order valence-electron chi connectivity index (χ3n) is 5.47. The van der Waals surface area contributed by atoms with Gasteiger partial charge in [-0.25, -0.2) is 0 Å². The van der Waals surface area contributed by atoms with Gasteiger partial charge in [-0.15, -0.1) is 0 Å². The van der Waals surface area contributed by atoms with E-state index in [9.17, 15) is 4.79 Å². The van der Waals surface area contributed by atoms with E-state index in [0.717, 1.165) is 25.1 Å². The fourth-order valence-corrected chi connectivity index (χ4v) is 4.04. The molecular formula is C20H24N2O2. The van der Waals surface area contributed by atoms with Crippen LogP contribution >= 0.6 is 0 Å². The molecule has 4 rings (SSSR count). The Hall–Kier alpha value is -2.10. The first-order chi connectivity index (χ1) is 11.6. The molecule has 1 aliphatic carbocycles. The maximum absolute atomic E-state index is 12.6. The van der Waals surface area contributed by atoms with Crippen LogP contribution in [-0.2, 0) is 6.42 Å². The third-order valence-corrected chi connectivity index (χ3v) is 5.47. The molecule has 0 spiro atoms. The number of hydrogen-bond donors (Lipinski definition) is 0. The summed E-state index contributed by atoms with van der Waals surface area (Å²) < 4.78 is 5.34. The van der Waals surface area contributed by atoms with E-state index in [2.05, 4.69) is 43.3 Å². The van der Waals surface area contributed by atoms with Crippen LogP contribution in [0, 0.1) is 5.92 Å². The van der Waals surface area contributed by atoms with E-state index in [0.29, 0.717) is 30.1 Å². The minimum atomic E-state index is 0.0103. The number of carbonyl (C=O) groups excluding carboxylic acids is 1. The van der Waals surface area contributed by atoms with Crippen molar-refractivity contribution in [2.75, 3.05) is 6.54 Å². The average molecular weight is 324 g/mol. The Balaban J connectivity index is 1.44. The van der Waals surface area contributed by atoms with Gasteiger partial charge in [0.2, 0.25) is 5.76 Å². The number of hydrogen-bond acceptors (Lipinski definition) is 3. The van der Waals surface area contributed by atoms with Gasteiger partial charge in [0, 0.05) is 25.1 Å². The molecule has 2 bridgehead atoms. The number of benzene rings is 1. The van der Waals surface area contributed by atoms with Crippen molar-refractivity contribution in [2.24, 2.45) is 5.92 Å². The van der Waals surface area contributed by atoms with Crippen molar-refractivity contribution in [1.82, 2.24) is 10.1 Å². The Kier molecular flexibility index (Phi) is 3.91. The molecule has 2 aliphatic rings. The number of aromatic nitrogens is 1. The highest BCUT2D eigenvalue weighted by Crippen LogP contribution is 2.38. The van der Waals surface area contributed by atoms with Gasteiger partial charge in [0.1, 0.15) is 0 Å². The zero-order valence-electron chi connectivity index (χ0n) is 14.4. The molecule has 1 saturated heterocycles. The number of fused-ring (bicyclic) bond motifs is 2. The fourth-order valence-electron chi connectivity index (χ4n) is 4.04. The first-order valence-electron chi connectivity index (χ1n) is 8.95. The highest BCUT2D eigenvalue weighted by molar-refractivity contribution is 5.92. The normalized spacial score (nSPS) is 22.5. The van der Waals surface area contributed by atoms with Gasteiger partial charge in [0.05, 0.1) is 5.69 Å². The first kappa shape index (κ1) is 15.4. The zero-order chi connectivity index (χ0) is 16.7. The maximum atomic E-state index is 12.6. The Morgan fingerprint density at radius 3 is 2.71 bits per heavy atom. The molecule has 2 heterocycles. The summed E-state index contributed by atoms with van der Waals surface area (Å²) in [5.74, 6) is 1.62. The van der Waals surface area contributed by atoms with Crippen LogP contribution in [0.1, 0.15) is 66.4 Å². The molecule has 1 amide bonds. The van der Waals surface area contributed by atoms with Crippen molar-refractivity contribution in [3.05, 3.63) is 52.9 Å². The van der Waals surface area contributed by atoms with E-state index in [1.54, 1.807) is 0 Å². The Bertz CT molecular complexity index is 732. The predicted molar refractivity (Wildman–Crippen MR) is 92.0 cm³/mol. The molecule has 2 aromatic rings. The van der Waals surface area contributed by atoms with E-state index >= 15 is 0 Å². The van der Waals surface area contributed by atoms with Crippen LogP contribution in [0.3, 0.4) is 0 Å². The lowest BCUT2D eigenvalue weighted by molar-refractivity contribution is 0.0661. The lowest BCUT2D eigenvalue weighted by Gasteiger charge is -2.25. The Morgan fingerprint density at radius 1 is 1.29 bits per heavy atom. The second-order valence-corrected chi connectivity index (χ2v) is 7.55. The van der Waals surface area contributed by atoms with E-state index in [1.807, 2.05) is 11.0 Å². The third kappa shape index (κ3) is 2.85. The molecule has 0 N–H and O–H groups in total. The minimum Gasteiger partial charge on any atom is -0.351 e. The van der Waals surface area contributed by atoms with Crippen molar-refractivity contribution < 1.29 is 9.32 Å². The number of rotatable bonds is 4. The van der Waals surface area contributed by atoms with Gasteiger partial charge in [-0.05, 0) is 42.2 Å². The number of amides is 1. The van der Waals surface area contributed by atoms with E-state index in [4.69, 9.17) is 4.52 Å². The van der Waals surface area contributed by atoms with Crippen LogP contribution in [0.4, 0.5) is 0 Å². The second kappa shape index (κ2) is 6.08. The lowest BCUT2D eigenvalue weighted by atomic mass is 10.0. The molecule has 1 aromatic heterocycles. The van der Waals surface area contributed by atoms with Crippen LogP contribution < -0.4 is 0 Å². The van der Waals surface area contributed by atoms with Gasteiger partial charge in [0.15, 0.2) is 0 Å². The molecule has 1 aromatic carbocycles. The number of carbonyl (C=O) groups is 1. The SMILES string of the molecule is CC(C)c1ccc(Cc2cc(C(=O)N3CC4CCC3C4)on2)cc1. The molecule has 24 heavy (non-hydrogen) atoms. The van der Waals surface area contributed by atoms with Crippen molar-refractivity contribution in [2.45, 2.75) is 51.5 Å². The minimum absolute atomic E-state index is 0.0103. The molecule has 4 nitrogen and oxygen atoms in total. The van der Waals surface area contributed by atoms with E-state index in [-0.39, 0.29) is 5.91 Å². The van der Waals surface area contributed by atoms with E-state index < -0.39 is 0 Å². The van der Waals surface area contributed by atoms with Gasteiger partial charge in [-0.1, -0.05) is 43.3 Å². The maximum Gasteiger partial charge on any atom is 0.292 e. The molecule has 126 valence electrons. The van der Waals surface area contributed by atoms with Crippen LogP contribution in [0.2, 0.25) is 0 Å². The van der Waals surface area contributed by atoms with Gasteiger partial charge in [-0.3, -0.25) is 4.79 Å². The van der Waals surface area contributed by atoms with Crippen molar-refractivity contribution in [3.63, 3.8) is 0 Å². The monoisotopic (exact) mass is 324 g/mol. The van der Waals surface area contributed by atoms with Gasteiger partial charge in [-0.2, -0.15) is 0 Å². The van der Waals surface area contributed by atoms with Crippen molar-refractivity contribution in [3.8, 4) is 0 Å². The summed E-state index contributed by atoms with van der Waals surface area (Å²) in [6.07, 6.45) is 4.26. The summed E-state index contributed by atoms with van der Waals surface area (Å²) in [5.41, 5.74) is 3.34. The van der Waals surface area contributed by atoms with Crippen LogP contribution in [0.15, 0.2) is 34.9 Å². The average Bonchev–Trinajstić information content (AvgIpc) is 3.31. The summed E-state index contributed by atoms with van der Waals surface area (Å²) in [4.78, 5) is 14.6. The molecule has 4 heteroatoms. The molecular weight excluding hydrogens is 300 g/mol. The summed E-state index contributed by atoms with van der Waals surface area (Å²) in [7, 11) is 0. The van der Waals surface area contributed by atoms with Gasteiger partial charge >= 0.3 is 0 Å². The molecule has 1 saturated carbocycles.